The third-order valence-corrected chi connectivity index (χ3v) is 3.65. The monoisotopic (exact) mass is 339 g/mol. The summed E-state index contributed by atoms with van der Waals surface area (Å²) in [7, 11) is 0. The van der Waals surface area contributed by atoms with Crippen molar-refractivity contribution < 1.29 is 8.78 Å². The van der Waals surface area contributed by atoms with E-state index in [0.29, 0.717) is 28.4 Å². The highest BCUT2D eigenvalue weighted by molar-refractivity contribution is 9.10. The number of nitrogens with two attached hydrogens (primary N) is 1. The van der Waals surface area contributed by atoms with Gasteiger partial charge in [-0.15, -0.1) is 0 Å². The van der Waals surface area contributed by atoms with Gasteiger partial charge < -0.3 is 5.73 Å². The van der Waals surface area contributed by atoms with Crippen molar-refractivity contribution in [2.75, 3.05) is 0 Å². The third-order valence-electron chi connectivity index (χ3n) is 3.16. The Morgan fingerprint density at radius 1 is 1.00 bits per heavy atom. The lowest BCUT2D eigenvalue weighted by Crippen LogP contribution is -2.41. The summed E-state index contributed by atoms with van der Waals surface area (Å²) in [6.45, 7) is 1.81. The zero-order valence-electron chi connectivity index (χ0n) is 11.2. The van der Waals surface area contributed by atoms with Gasteiger partial charge in [-0.25, -0.2) is 8.78 Å². The molecule has 0 aromatic heterocycles. The molecule has 0 radical (unpaired) electrons. The normalized spacial score (nSPS) is 14.1. The van der Waals surface area contributed by atoms with Gasteiger partial charge in [-0.1, -0.05) is 40.2 Å². The average Bonchev–Trinajstić information content (AvgIpc) is 2.35. The summed E-state index contributed by atoms with van der Waals surface area (Å²) < 4.78 is 28.2. The Labute approximate surface area is 125 Å². The molecule has 1 nitrogen and oxygen atoms in total. The largest absolute Gasteiger partial charge is 0.325 e. The van der Waals surface area contributed by atoms with E-state index in [4.69, 9.17) is 5.73 Å². The van der Waals surface area contributed by atoms with E-state index in [1.54, 1.807) is 37.3 Å². The van der Waals surface area contributed by atoms with E-state index in [1.165, 1.54) is 12.1 Å². The van der Waals surface area contributed by atoms with Gasteiger partial charge in [-0.3, -0.25) is 0 Å². The van der Waals surface area contributed by atoms with Gasteiger partial charge in [-0.2, -0.15) is 0 Å². The van der Waals surface area contributed by atoms with E-state index < -0.39 is 5.54 Å². The van der Waals surface area contributed by atoms with Gasteiger partial charge in [0.05, 0.1) is 0 Å². The van der Waals surface area contributed by atoms with Gasteiger partial charge >= 0.3 is 0 Å². The standard InChI is InChI=1S/C16H16BrF2N/c1-16(20,9-11-4-2-3-5-14(11)18)10-12-6-7-13(17)8-15(12)19/h2-8H,9-10,20H2,1H3. The summed E-state index contributed by atoms with van der Waals surface area (Å²) in [4.78, 5) is 0. The van der Waals surface area contributed by atoms with Crippen LogP contribution in [0.25, 0.3) is 0 Å². The summed E-state index contributed by atoms with van der Waals surface area (Å²) in [5, 5.41) is 0. The van der Waals surface area contributed by atoms with Crippen molar-refractivity contribution in [2.24, 2.45) is 5.73 Å². The molecule has 2 aromatic carbocycles. The molecule has 0 bridgehead atoms. The first kappa shape index (κ1) is 15.1. The molecular formula is C16H16BrF2N. The molecule has 0 saturated carbocycles. The molecule has 0 fully saturated rings. The van der Waals surface area contributed by atoms with Crippen molar-refractivity contribution in [3.05, 3.63) is 69.7 Å². The van der Waals surface area contributed by atoms with Crippen LogP contribution in [-0.2, 0) is 12.8 Å². The summed E-state index contributed by atoms with van der Waals surface area (Å²) >= 11 is 3.22. The van der Waals surface area contributed by atoms with Crippen LogP contribution in [0.1, 0.15) is 18.1 Å². The van der Waals surface area contributed by atoms with Gasteiger partial charge in [0.15, 0.2) is 0 Å². The second-order valence-corrected chi connectivity index (χ2v) is 6.25. The van der Waals surface area contributed by atoms with Crippen LogP contribution in [0.4, 0.5) is 8.78 Å². The Morgan fingerprint density at radius 2 is 1.60 bits per heavy atom. The maximum Gasteiger partial charge on any atom is 0.127 e. The first-order chi connectivity index (χ1) is 9.37. The molecule has 0 aliphatic carbocycles. The topological polar surface area (TPSA) is 26.0 Å². The number of hydrogen-bond donors (Lipinski definition) is 1. The van der Waals surface area contributed by atoms with E-state index in [1.807, 2.05) is 0 Å². The summed E-state index contributed by atoms with van der Waals surface area (Å²) in [6, 6.07) is 11.4. The van der Waals surface area contributed by atoms with E-state index in [-0.39, 0.29) is 11.6 Å². The average molecular weight is 340 g/mol. The van der Waals surface area contributed by atoms with Crippen LogP contribution in [0.3, 0.4) is 0 Å². The highest BCUT2D eigenvalue weighted by Crippen LogP contribution is 2.22. The number of hydrogen-bond acceptors (Lipinski definition) is 1. The van der Waals surface area contributed by atoms with E-state index >= 15 is 0 Å². The fourth-order valence-electron chi connectivity index (χ4n) is 2.24. The molecule has 0 heterocycles. The Hall–Kier alpha value is -1.26. The predicted molar refractivity (Wildman–Crippen MR) is 80.5 cm³/mol. The Bertz CT molecular complexity index is 611. The van der Waals surface area contributed by atoms with Gasteiger partial charge in [0.1, 0.15) is 11.6 Å². The summed E-state index contributed by atoms with van der Waals surface area (Å²) in [5.41, 5.74) is 6.59. The Morgan fingerprint density at radius 3 is 2.20 bits per heavy atom. The SMILES string of the molecule is CC(N)(Cc1ccccc1F)Cc1ccc(Br)cc1F. The highest BCUT2D eigenvalue weighted by Gasteiger charge is 2.22. The zero-order valence-corrected chi connectivity index (χ0v) is 12.8. The molecule has 0 amide bonds. The van der Waals surface area contributed by atoms with Gasteiger partial charge in [0.25, 0.3) is 0 Å². The van der Waals surface area contributed by atoms with Crippen LogP contribution in [0, 0.1) is 11.6 Å². The van der Waals surface area contributed by atoms with Crippen molar-refractivity contribution in [1.29, 1.82) is 0 Å². The molecule has 4 heteroatoms. The van der Waals surface area contributed by atoms with Crippen LogP contribution in [0.2, 0.25) is 0 Å². The summed E-state index contributed by atoms with van der Waals surface area (Å²) in [6.07, 6.45) is 0.704. The molecule has 0 aliphatic heterocycles. The van der Waals surface area contributed by atoms with E-state index in [2.05, 4.69) is 15.9 Å². The Kier molecular flexibility index (Phi) is 4.55. The molecule has 2 aromatic rings. The van der Waals surface area contributed by atoms with Crippen molar-refractivity contribution in [3.63, 3.8) is 0 Å². The fraction of sp³-hybridized carbons (Fsp3) is 0.250. The smallest absolute Gasteiger partial charge is 0.127 e. The van der Waals surface area contributed by atoms with Gasteiger partial charge in [-0.05, 0) is 49.1 Å². The van der Waals surface area contributed by atoms with Crippen molar-refractivity contribution in [2.45, 2.75) is 25.3 Å². The molecule has 0 spiro atoms. The van der Waals surface area contributed by atoms with Crippen molar-refractivity contribution in [1.82, 2.24) is 0 Å². The van der Waals surface area contributed by atoms with Crippen LogP contribution in [-0.4, -0.2) is 5.54 Å². The zero-order chi connectivity index (χ0) is 14.8. The predicted octanol–water partition coefficient (Wildman–Crippen LogP) is 4.23. The third kappa shape index (κ3) is 3.87. The van der Waals surface area contributed by atoms with E-state index in [9.17, 15) is 8.78 Å². The van der Waals surface area contributed by atoms with Crippen LogP contribution in [0.5, 0.6) is 0 Å². The minimum atomic E-state index is -0.711. The van der Waals surface area contributed by atoms with Crippen LogP contribution < -0.4 is 5.73 Å². The molecule has 2 rings (SSSR count). The fourth-order valence-corrected chi connectivity index (χ4v) is 2.57. The van der Waals surface area contributed by atoms with Crippen molar-refractivity contribution in [3.8, 4) is 0 Å². The molecule has 1 atom stereocenters. The lowest BCUT2D eigenvalue weighted by molar-refractivity contribution is 0.441. The molecule has 1 unspecified atom stereocenters. The minimum Gasteiger partial charge on any atom is -0.325 e. The first-order valence-corrected chi connectivity index (χ1v) is 7.13. The van der Waals surface area contributed by atoms with Crippen LogP contribution >= 0.6 is 15.9 Å². The molecular weight excluding hydrogens is 324 g/mol. The highest BCUT2D eigenvalue weighted by atomic mass is 79.9. The molecule has 20 heavy (non-hydrogen) atoms. The Balaban J connectivity index is 2.17. The molecule has 2 N–H and O–H groups in total. The van der Waals surface area contributed by atoms with Gasteiger partial charge in [0, 0.05) is 10.0 Å². The minimum absolute atomic E-state index is 0.277. The lowest BCUT2D eigenvalue weighted by atomic mass is 9.87. The number of halogens is 3. The number of rotatable bonds is 4. The second kappa shape index (κ2) is 6.02. The lowest BCUT2D eigenvalue weighted by Gasteiger charge is -2.25. The quantitative estimate of drug-likeness (QED) is 0.886. The van der Waals surface area contributed by atoms with Gasteiger partial charge in [0.2, 0.25) is 0 Å². The molecule has 0 aliphatic rings. The molecule has 0 saturated heterocycles. The molecule has 106 valence electrons. The maximum atomic E-state index is 13.8. The summed E-state index contributed by atoms with van der Waals surface area (Å²) in [5.74, 6) is -0.579. The number of benzene rings is 2. The van der Waals surface area contributed by atoms with Crippen LogP contribution in [0.15, 0.2) is 46.9 Å². The van der Waals surface area contributed by atoms with Crippen molar-refractivity contribution >= 4 is 15.9 Å². The maximum absolute atomic E-state index is 13.8. The second-order valence-electron chi connectivity index (χ2n) is 5.33. The first-order valence-electron chi connectivity index (χ1n) is 6.34. The van der Waals surface area contributed by atoms with E-state index in [0.717, 1.165) is 0 Å².